The van der Waals surface area contributed by atoms with E-state index in [-0.39, 0.29) is 11.7 Å². The fourth-order valence-electron chi connectivity index (χ4n) is 1.93. The monoisotopic (exact) mass is 317 g/mol. The lowest BCUT2D eigenvalue weighted by atomic mass is 10.1. The second-order valence-electron chi connectivity index (χ2n) is 4.82. The van der Waals surface area contributed by atoms with E-state index in [0.29, 0.717) is 24.4 Å². The molecule has 1 atom stereocenters. The zero-order valence-electron chi connectivity index (χ0n) is 12.1. The molecule has 0 aliphatic carbocycles. The van der Waals surface area contributed by atoms with Crippen molar-refractivity contribution in [3.8, 4) is 10.4 Å². The van der Waals surface area contributed by atoms with E-state index < -0.39 is 6.04 Å². The Labute approximate surface area is 133 Å². The number of carbonyl (C=O) groups is 1. The van der Waals surface area contributed by atoms with Crippen LogP contribution in [0.3, 0.4) is 0 Å². The summed E-state index contributed by atoms with van der Waals surface area (Å²) in [5.74, 6) is -0.0933. The highest BCUT2D eigenvalue weighted by Gasteiger charge is 2.19. The molecule has 0 radical (unpaired) electrons. The van der Waals surface area contributed by atoms with Gasteiger partial charge in [0.1, 0.15) is 0 Å². The van der Waals surface area contributed by atoms with Gasteiger partial charge in [0.15, 0.2) is 11.0 Å². The maximum absolute atomic E-state index is 12.3. The summed E-state index contributed by atoms with van der Waals surface area (Å²) in [6.07, 6.45) is 2.89. The number of aliphatic imine (C=N–C) groups is 1. The van der Waals surface area contributed by atoms with Gasteiger partial charge in [0.2, 0.25) is 5.78 Å². The number of nitrogens with zero attached hydrogens (tertiary/aromatic N) is 2. The second-order valence-corrected chi connectivity index (χ2v) is 5.85. The number of benzene rings is 1. The minimum atomic E-state index is -0.580. The van der Waals surface area contributed by atoms with Gasteiger partial charge in [0, 0.05) is 12.7 Å². The van der Waals surface area contributed by atoms with Crippen LogP contribution in [0.2, 0.25) is 0 Å². The van der Waals surface area contributed by atoms with E-state index >= 15 is 0 Å². The molecule has 0 saturated heterocycles. The van der Waals surface area contributed by atoms with Gasteiger partial charge in [-0.3, -0.25) is 9.79 Å². The summed E-state index contributed by atoms with van der Waals surface area (Å²) in [6.45, 7) is 0.469. The first-order valence-electron chi connectivity index (χ1n) is 6.94. The lowest BCUT2D eigenvalue weighted by Gasteiger charge is -2.07. The summed E-state index contributed by atoms with van der Waals surface area (Å²) in [7, 11) is 0. The van der Waals surface area contributed by atoms with Crippen molar-refractivity contribution in [2.75, 3.05) is 6.54 Å². The second kappa shape index (κ2) is 7.67. The fraction of sp³-hybridized carbons (Fsp3) is 0.267. The molecule has 0 bridgehead atoms. The van der Waals surface area contributed by atoms with Crippen LogP contribution in [-0.4, -0.2) is 29.3 Å². The van der Waals surface area contributed by atoms with Gasteiger partial charge in [-0.15, -0.1) is 11.3 Å². The van der Waals surface area contributed by atoms with E-state index in [1.54, 1.807) is 6.20 Å². The highest BCUT2D eigenvalue weighted by molar-refractivity contribution is 7.17. The van der Waals surface area contributed by atoms with Crippen LogP contribution in [0.5, 0.6) is 0 Å². The highest BCUT2D eigenvalue weighted by Crippen LogP contribution is 2.26. The molecular formula is C15H19N5OS. The highest BCUT2D eigenvalue weighted by atomic mass is 32.1. The quantitative estimate of drug-likeness (QED) is 0.308. The molecule has 6 nitrogen and oxygen atoms in total. The predicted octanol–water partition coefficient (Wildman–Crippen LogP) is 1.37. The molecule has 116 valence electrons. The van der Waals surface area contributed by atoms with Gasteiger partial charge < -0.3 is 17.2 Å². The van der Waals surface area contributed by atoms with Crippen molar-refractivity contribution in [1.29, 1.82) is 0 Å². The molecule has 0 aliphatic rings. The molecule has 0 aliphatic heterocycles. The molecule has 2 rings (SSSR count). The van der Waals surface area contributed by atoms with E-state index in [1.165, 1.54) is 11.3 Å². The molecule has 6 N–H and O–H groups in total. The third kappa shape index (κ3) is 4.37. The minimum absolute atomic E-state index is 0.0484. The number of hydrogen-bond acceptors (Lipinski definition) is 5. The number of thiazole rings is 1. The van der Waals surface area contributed by atoms with Crippen molar-refractivity contribution in [2.45, 2.75) is 18.9 Å². The summed E-state index contributed by atoms with van der Waals surface area (Å²) in [5.41, 5.74) is 17.4. The first-order chi connectivity index (χ1) is 10.6. The minimum Gasteiger partial charge on any atom is -0.370 e. The number of guanidine groups is 1. The fourth-order valence-corrected chi connectivity index (χ4v) is 2.86. The third-order valence-corrected chi connectivity index (χ3v) is 4.14. The summed E-state index contributed by atoms with van der Waals surface area (Å²) < 4.78 is 0. The van der Waals surface area contributed by atoms with Gasteiger partial charge in [0.05, 0.1) is 10.9 Å². The molecule has 0 spiro atoms. The van der Waals surface area contributed by atoms with Crippen molar-refractivity contribution in [2.24, 2.45) is 22.2 Å². The van der Waals surface area contributed by atoms with Crippen molar-refractivity contribution in [1.82, 2.24) is 4.98 Å². The molecular weight excluding hydrogens is 298 g/mol. The summed E-state index contributed by atoms with van der Waals surface area (Å²) in [6, 6.07) is 9.23. The van der Waals surface area contributed by atoms with Crippen LogP contribution in [0.4, 0.5) is 0 Å². The lowest BCUT2D eigenvalue weighted by Crippen LogP contribution is -2.30. The van der Waals surface area contributed by atoms with E-state index in [9.17, 15) is 4.79 Å². The van der Waals surface area contributed by atoms with Crippen molar-refractivity contribution >= 4 is 23.1 Å². The standard InChI is InChI=1S/C15H19N5OS/c16-11(7-4-8-19-15(17)18)13(21)14-20-9-12(22-14)10-5-2-1-3-6-10/h1-3,5-6,9,11H,4,7-8,16H2,(H4,17,18,19). The number of rotatable bonds is 7. The van der Waals surface area contributed by atoms with Gasteiger partial charge in [0.25, 0.3) is 0 Å². The number of aromatic nitrogens is 1. The predicted molar refractivity (Wildman–Crippen MR) is 89.8 cm³/mol. The molecule has 1 heterocycles. The Balaban J connectivity index is 1.95. The Morgan fingerprint density at radius 2 is 2.00 bits per heavy atom. The molecule has 22 heavy (non-hydrogen) atoms. The SMILES string of the molecule is NC(N)=NCCCC(N)C(=O)c1ncc(-c2ccccc2)s1. The van der Waals surface area contributed by atoms with E-state index in [2.05, 4.69) is 9.98 Å². The molecule has 2 aromatic rings. The van der Waals surface area contributed by atoms with E-state index in [4.69, 9.17) is 17.2 Å². The van der Waals surface area contributed by atoms with Crippen LogP contribution in [-0.2, 0) is 0 Å². The van der Waals surface area contributed by atoms with Crippen molar-refractivity contribution < 1.29 is 4.79 Å². The van der Waals surface area contributed by atoms with Crippen LogP contribution in [0.1, 0.15) is 22.6 Å². The number of ketones is 1. The van der Waals surface area contributed by atoms with Gasteiger partial charge in [-0.1, -0.05) is 30.3 Å². The van der Waals surface area contributed by atoms with Gasteiger partial charge >= 0.3 is 0 Å². The Morgan fingerprint density at radius 1 is 1.27 bits per heavy atom. The summed E-state index contributed by atoms with van der Waals surface area (Å²) in [5, 5.41) is 0.438. The summed E-state index contributed by atoms with van der Waals surface area (Å²) >= 11 is 1.36. The van der Waals surface area contributed by atoms with E-state index in [0.717, 1.165) is 10.4 Å². The zero-order chi connectivity index (χ0) is 15.9. The average molecular weight is 317 g/mol. The lowest BCUT2D eigenvalue weighted by molar-refractivity contribution is 0.0956. The number of nitrogens with two attached hydrogens (primary N) is 3. The Hall–Kier alpha value is -2.25. The van der Waals surface area contributed by atoms with Crippen LogP contribution in [0.15, 0.2) is 41.5 Å². The third-order valence-electron chi connectivity index (χ3n) is 3.08. The van der Waals surface area contributed by atoms with E-state index in [1.807, 2.05) is 30.3 Å². The summed E-state index contributed by atoms with van der Waals surface area (Å²) in [4.78, 5) is 21.3. The Kier molecular flexibility index (Phi) is 5.62. The van der Waals surface area contributed by atoms with Crippen LogP contribution in [0.25, 0.3) is 10.4 Å². The Morgan fingerprint density at radius 3 is 2.68 bits per heavy atom. The van der Waals surface area contributed by atoms with Crippen molar-refractivity contribution in [3.63, 3.8) is 0 Å². The molecule has 0 fully saturated rings. The maximum Gasteiger partial charge on any atom is 0.207 e. The number of hydrogen-bond donors (Lipinski definition) is 3. The number of carbonyl (C=O) groups excluding carboxylic acids is 1. The zero-order valence-corrected chi connectivity index (χ0v) is 12.9. The molecule has 1 unspecified atom stereocenters. The normalized spacial score (nSPS) is 11.9. The molecule has 7 heteroatoms. The smallest absolute Gasteiger partial charge is 0.207 e. The first-order valence-corrected chi connectivity index (χ1v) is 7.76. The number of Topliss-reactive ketones (excluding diaryl/α,β-unsaturated/α-hetero) is 1. The van der Waals surface area contributed by atoms with Gasteiger partial charge in [-0.25, -0.2) is 4.98 Å². The van der Waals surface area contributed by atoms with Crippen LogP contribution in [0, 0.1) is 0 Å². The van der Waals surface area contributed by atoms with Gasteiger partial charge in [-0.05, 0) is 18.4 Å². The van der Waals surface area contributed by atoms with Crippen molar-refractivity contribution in [3.05, 3.63) is 41.5 Å². The Bertz CT molecular complexity index is 649. The molecule has 1 aromatic heterocycles. The largest absolute Gasteiger partial charge is 0.370 e. The van der Waals surface area contributed by atoms with Crippen LogP contribution < -0.4 is 17.2 Å². The molecule has 0 saturated carbocycles. The molecule has 1 aromatic carbocycles. The maximum atomic E-state index is 12.3. The average Bonchev–Trinajstić information content (AvgIpc) is 3.01. The first kappa shape index (κ1) is 16.1. The van der Waals surface area contributed by atoms with Gasteiger partial charge in [-0.2, -0.15) is 0 Å². The van der Waals surface area contributed by atoms with Crippen LogP contribution >= 0.6 is 11.3 Å². The molecule has 0 amide bonds. The topological polar surface area (TPSA) is 120 Å².